The summed E-state index contributed by atoms with van der Waals surface area (Å²) < 4.78 is 5.83. The van der Waals surface area contributed by atoms with E-state index < -0.39 is 5.60 Å². The molecule has 2 saturated carbocycles. The predicted molar refractivity (Wildman–Crippen MR) is 106 cm³/mol. The highest BCUT2D eigenvalue weighted by atomic mass is 16.6. The summed E-state index contributed by atoms with van der Waals surface area (Å²) in [5, 5.41) is 0. The number of hydrogen-bond donors (Lipinski definition) is 0. The summed E-state index contributed by atoms with van der Waals surface area (Å²) in [4.78, 5) is 30.0. The van der Waals surface area contributed by atoms with E-state index in [2.05, 4.69) is 9.80 Å². The van der Waals surface area contributed by atoms with Crippen LogP contribution in [0.25, 0.3) is 0 Å². The molecule has 4 aliphatic rings. The van der Waals surface area contributed by atoms with E-state index >= 15 is 0 Å². The maximum Gasteiger partial charge on any atom is 0.339 e. The van der Waals surface area contributed by atoms with E-state index in [0.29, 0.717) is 11.5 Å². The Labute approximate surface area is 167 Å². The number of piperazine rings is 1. The first kappa shape index (κ1) is 18.2. The minimum Gasteiger partial charge on any atom is -0.451 e. The SMILES string of the molecule is O=C1O[C@]2(CC[C@H](C(=O)N3CCN(C4CCCC4)CC3)CC2)c2ccccc21. The molecule has 3 fully saturated rings. The molecule has 5 heteroatoms. The van der Waals surface area contributed by atoms with Crippen molar-refractivity contribution in [2.45, 2.75) is 63.0 Å². The van der Waals surface area contributed by atoms with Crippen molar-refractivity contribution in [2.75, 3.05) is 26.2 Å². The van der Waals surface area contributed by atoms with Crippen LogP contribution in [0, 0.1) is 5.92 Å². The molecular weight excluding hydrogens is 352 g/mol. The first-order chi connectivity index (χ1) is 13.7. The van der Waals surface area contributed by atoms with Gasteiger partial charge >= 0.3 is 5.97 Å². The van der Waals surface area contributed by atoms with Crippen molar-refractivity contribution in [3.8, 4) is 0 Å². The lowest BCUT2D eigenvalue weighted by Crippen LogP contribution is -2.53. The molecule has 0 bridgehead atoms. The zero-order valence-corrected chi connectivity index (χ0v) is 16.6. The fraction of sp³-hybridized carbons (Fsp3) is 0.652. The first-order valence-corrected chi connectivity index (χ1v) is 11.0. The summed E-state index contributed by atoms with van der Waals surface area (Å²) in [6.45, 7) is 3.79. The Hall–Kier alpha value is -1.88. The van der Waals surface area contributed by atoms with Crippen LogP contribution in [-0.4, -0.2) is 53.9 Å². The molecule has 0 atom stereocenters. The van der Waals surface area contributed by atoms with Gasteiger partial charge in [0.1, 0.15) is 5.60 Å². The molecule has 2 aliphatic carbocycles. The third-order valence-electron chi connectivity index (χ3n) is 7.54. The third-order valence-corrected chi connectivity index (χ3v) is 7.54. The Balaban J connectivity index is 1.19. The van der Waals surface area contributed by atoms with Gasteiger partial charge in [-0.2, -0.15) is 0 Å². The Bertz CT molecular complexity index is 755. The molecule has 5 nitrogen and oxygen atoms in total. The van der Waals surface area contributed by atoms with Gasteiger partial charge in [0, 0.05) is 43.7 Å². The van der Waals surface area contributed by atoms with Gasteiger partial charge in [0.05, 0.1) is 5.56 Å². The van der Waals surface area contributed by atoms with Crippen LogP contribution in [0.1, 0.15) is 67.3 Å². The standard InChI is InChI=1S/C23H30N2O3/c26-21(25-15-13-24(14-16-25)18-5-1-2-6-18)17-9-11-23(12-10-17)20-8-4-3-7-19(20)22(27)28-23/h3-4,7-8,17-18H,1-2,5-6,9-16H2/t17-,23-. The van der Waals surface area contributed by atoms with Crippen molar-refractivity contribution < 1.29 is 14.3 Å². The zero-order chi connectivity index (χ0) is 19.1. The molecule has 0 unspecified atom stereocenters. The summed E-state index contributed by atoms with van der Waals surface area (Å²) in [6, 6.07) is 8.49. The lowest BCUT2D eigenvalue weighted by molar-refractivity contribution is -0.140. The lowest BCUT2D eigenvalue weighted by atomic mass is 9.74. The van der Waals surface area contributed by atoms with E-state index in [-0.39, 0.29) is 11.9 Å². The smallest absolute Gasteiger partial charge is 0.339 e. The highest BCUT2D eigenvalue weighted by molar-refractivity contribution is 5.94. The molecule has 1 spiro atoms. The van der Waals surface area contributed by atoms with Crippen LogP contribution in [0.4, 0.5) is 0 Å². The molecule has 5 rings (SSSR count). The summed E-state index contributed by atoms with van der Waals surface area (Å²) in [6.07, 6.45) is 8.52. The van der Waals surface area contributed by atoms with E-state index in [9.17, 15) is 9.59 Å². The van der Waals surface area contributed by atoms with Gasteiger partial charge < -0.3 is 9.64 Å². The zero-order valence-electron chi connectivity index (χ0n) is 16.6. The molecule has 2 heterocycles. The first-order valence-electron chi connectivity index (χ1n) is 11.0. The normalized spacial score (nSPS) is 31.2. The Morgan fingerprint density at radius 1 is 0.964 bits per heavy atom. The number of carbonyl (C=O) groups is 2. The third kappa shape index (κ3) is 3.04. The van der Waals surface area contributed by atoms with Crippen molar-refractivity contribution in [2.24, 2.45) is 5.92 Å². The molecular formula is C23H30N2O3. The van der Waals surface area contributed by atoms with Gasteiger partial charge in [-0.25, -0.2) is 4.79 Å². The van der Waals surface area contributed by atoms with E-state index in [1.807, 2.05) is 24.3 Å². The number of hydrogen-bond acceptors (Lipinski definition) is 4. The predicted octanol–water partition coefficient (Wildman–Crippen LogP) is 3.33. The maximum absolute atomic E-state index is 13.1. The molecule has 2 aliphatic heterocycles. The van der Waals surface area contributed by atoms with Gasteiger partial charge in [-0.05, 0) is 44.6 Å². The van der Waals surface area contributed by atoms with Gasteiger partial charge in [-0.1, -0.05) is 31.0 Å². The van der Waals surface area contributed by atoms with Crippen molar-refractivity contribution in [1.29, 1.82) is 0 Å². The van der Waals surface area contributed by atoms with E-state index in [0.717, 1.165) is 63.5 Å². The monoisotopic (exact) mass is 382 g/mol. The average Bonchev–Trinajstić information content (AvgIpc) is 3.37. The molecule has 1 amide bonds. The van der Waals surface area contributed by atoms with Gasteiger partial charge in [0.2, 0.25) is 5.91 Å². The molecule has 150 valence electrons. The number of rotatable bonds is 2. The molecule has 1 aromatic carbocycles. The summed E-state index contributed by atoms with van der Waals surface area (Å²) in [7, 11) is 0. The van der Waals surface area contributed by atoms with Gasteiger partial charge in [0.15, 0.2) is 0 Å². The number of amides is 1. The number of carbonyl (C=O) groups excluding carboxylic acids is 2. The van der Waals surface area contributed by atoms with Crippen molar-refractivity contribution in [3.05, 3.63) is 35.4 Å². The van der Waals surface area contributed by atoms with Crippen LogP contribution in [0.3, 0.4) is 0 Å². The number of ether oxygens (including phenoxy) is 1. The van der Waals surface area contributed by atoms with Crippen LogP contribution >= 0.6 is 0 Å². The minimum absolute atomic E-state index is 0.0788. The minimum atomic E-state index is -0.494. The number of esters is 1. The molecule has 1 saturated heterocycles. The molecule has 0 N–H and O–H groups in total. The van der Waals surface area contributed by atoms with E-state index in [1.54, 1.807) is 0 Å². The largest absolute Gasteiger partial charge is 0.451 e. The second kappa shape index (κ2) is 7.18. The average molecular weight is 383 g/mol. The van der Waals surface area contributed by atoms with Crippen molar-refractivity contribution in [1.82, 2.24) is 9.80 Å². The van der Waals surface area contributed by atoms with Crippen LogP contribution in [0.2, 0.25) is 0 Å². The lowest BCUT2D eigenvalue weighted by Gasteiger charge is -2.41. The van der Waals surface area contributed by atoms with E-state index in [1.165, 1.54) is 25.7 Å². The van der Waals surface area contributed by atoms with Crippen LogP contribution in [0.5, 0.6) is 0 Å². The van der Waals surface area contributed by atoms with Gasteiger partial charge in [0.25, 0.3) is 0 Å². The van der Waals surface area contributed by atoms with Crippen LogP contribution in [-0.2, 0) is 15.1 Å². The Kier molecular flexibility index (Phi) is 4.66. The van der Waals surface area contributed by atoms with E-state index in [4.69, 9.17) is 4.74 Å². The van der Waals surface area contributed by atoms with Gasteiger partial charge in [-0.15, -0.1) is 0 Å². The maximum atomic E-state index is 13.1. The van der Waals surface area contributed by atoms with Gasteiger partial charge in [-0.3, -0.25) is 9.69 Å². The number of fused-ring (bicyclic) bond motifs is 2. The summed E-state index contributed by atoms with van der Waals surface area (Å²) >= 11 is 0. The summed E-state index contributed by atoms with van der Waals surface area (Å²) in [5.41, 5.74) is 1.23. The topological polar surface area (TPSA) is 49.9 Å². The van der Waals surface area contributed by atoms with Crippen LogP contribution in [0.15, 0.2) is 24.3 Å². The molecule has 28 heavy (non-hydrogen) atoms. The number of nitrogens with zero attached hydrogens (tertiary/aromatic N) is 2. The van der Waals surface area contributed by atoms with Crippen molar-refractivity contribution >= 4 is 11.9 Å². The second-order valence-electron chi connectivity index (χ2n) is 9.00. The number of benzene rings is 1. The van der Waals surface area contributed by atoms with Crippen LogP contribution < -0.4 is 0 Å². The van der Waals surface area contributed by atoms with Crippen molar-refractivity contribution in [3.63, 3.8) is 0 Å². The fourth-order valence-corrected chi connectivity index (χ4v) is 5.88. The Morgan fingerprint density at radius 3 is 2.36 bits per heavy atom. The summed E-state index contributed by atoms with van der Waals surface area (Å²) in [5.74, 6) is 0.192. The Morgan fingerprint density at radius 2 is 1.64 bits per heavy atom. The molecule has 1 aromatic rings. The second-order valence-corrected chi connectivity index (χ2v) is 9.00. The highest BCUT2D eigenvalue weighted by Crippen LogP contribution is 2.48. The highest BCUT2D eigenvalue weighted by Gasteiger charge is 2.48. The molecule has 0 aromatic heterocycles. The quantitative estimate of drug-likeness (QED) is 0.736. The molecule has 0 radical (unpaired) electrons. The fourth-order valence-electron chi connectivity index (χ4n) is 5.88.